The highest BCUT2D eigenvalue weighted by Crippen LogP contribution is 2.32. The van der Waals surface area contributed by atoms with E-state index in [2.05, 4.69) is 25.2 Å². The second-order valence-corrected chi connectivity index (χ2v) is 4.33. The third-order valence-electron chi connectivity index (χ3n) is 2.33. The molecule has 0 radical (unpaired) electrons. The highest BCUT2D eigenvalue weighted by Gasteiger charge is 2.12. The zero-order chi connectivity index (χ0) is 15.1. The third kappa shape index (κ3) is 5.15. The molecular weight excluding hydrogens is 266 g/mol. The average molecular weight is 283 g/mol. The number of carboxylic acids is 2. The number of aliphatic carboxylic acids is 2. The van der Waals surface area contributed by atoms with Crippen molar-refractivity contribution in [2.24, 2.45) is 0 Å². The Bertz CT molecular complexity index is 474. The number of hydrogen-bond acceptors (Lipinski definition) is 5. The molecule has 0 unspecified atom stereocenters. The van der Waals surface area contributed by atoms with Gasteiger partial charge in [0.2, 0.25) is 6.79 Å². The molecule has 0 aromatic heterocycles. The van der Waals surface area contributed by atoms with Gasteiger partial charge in [-0.1, -0.05) is 19.9 Å². The Morgan fingerprint density at radius 1 is 1.20 bits per heavy atom. The molecule has 20 heavy (non-hydrogen) atoms. The molecule has 0 amide bonds. The maximum atomic E-state index is 9.10. The maximum absolute atomic E-state index is 9.10. The maximum Gasteiger partial charge on any atom is 0.414 e. The molecule has 1 aromatic carbocycles. The zero-order valence-corrected chi connectivity index (χ0v) is 11.3. The van der Waals surface area contributed by atoms with Crippen LogP contribution in [0.4, 0.5) is 0 Å². The summed E-state index contributed by atoms with van der Waals surface area (Å²) in [6, 6.07) is 6.54. The van der Waals surface area contributed by atoms with Crippen LogP contribution in [0.25, 0.3) is 0 Å². The van der Waals surface area contributed by atoms with Gasteiger partial charge >= 0.3 is 11.9 Å². The molecule has 110 valence electrons. The minimum Gasteiger partial charge on any atom is -0.473 e. The lowest BCUT2D eigenvalue weighted by Gasteiger charge is -2.08. The van der Waals surface area contributed by atoms with Crippen molar-refractivity contribution in [3.63, 3.8) is 0 Å². The van der Waals surface area contributed by atoms with Crippen molar-refractivity contribution < 1.29 is 29.3 Å². The highest BCUT2D eigenvalue weighted by atomic mass is 16.7. The summed E-state index contributed by atoms with van der Waals surface area (Å²) in [6.45, 7) is 5.48. The van der Waals surface area contributed by atoms with Crippen molar-refractivity contribution in [1.82, 2.24) is 5.32 Å². The summed E-state index contributed by atoms with van der Waals surface area (Å²) in [4.78, 5) is 18.2. The van der Waals surface area contributed by atoms with Crippen LogP contribution in [-0.2, 0) is 16.1 Å². The molecule has 0 atom stereocenters. The zero-order valence-electron chi connectivity index (χ0n) is 11.3. The lowest BCUT2D eigenvalue weighted by Crippen LogP contribution is -2.21. The second kappa shape index (κ2) is 7.34. The molecule has 7 heteroatoms. The number of nitrogens with one attached hydrogen (secondary N) is 1. The SMILES string of the molecule is CC(C)NCc1ccc2c(c1)OCO2.O=C(O)C(=O)O. The summed E-state index contributed by atoms with van der Waals surface area (Å²) in [5.74, 6) is -1.95. The van der Waals surface area contributed by atoms with Crippen LogP contribution in [0.15, 0.2) is 18.2 Å². The Morgan fingerprint density at radius 2 is 1.80 bits per heavy atom. The minimum absolute atomic E-state index is 0.344. The molecular formula is C13H17NO6. The van der Waals surface area contributed by atoms with Crippen LogP contribution in [0.2, 0.25) is 0 Å². The van der Waals surface area contributed by atoms with E-state index in [1.165, 1.54) is 5.56 Å². The minimum atomic E-state index is -1.82. The topological polar surface area (TPSA) is 105 Å². The van der Waals surface area contributed by atoms with Crippen LogP contribution >= 0.6 is 0 Å². The molecule has 0 fully saturated rings. The summed E-state index contributed by atoms with van der Waals surface area (Å²) in [6.07, 6.45) is 0. The predicted octanol–water partition coefficient (Wildman–Crippen LogP) is 1.07. The van der Waals surface area contributed by atoms with Crippen LogP contribution in [0.1, 0.15) is 19.4 Å². The number of carbonyl (C=O) groups is 2. The molecule has 1 heterocycles. The smallest absolute Gasteiger partial charge is 0.414 e. The van der Waals surface area contributed by atoms with Gasteiger partial charge in [0.05, 0.1) is 0 Å². The first kappa shape index (κ1) is 15.8. The highest BCUT2D eigenvalue weighted by molar-refractivity contribution is 6.27. The molecule has 0 spiro atoms. The van der Waals surface area contributed by atoms with E-state index in [0.717, 1.165) is 18.0 Å². The first-order chi connectivity index (χ1) is 9.40. The van der Waals surface area contributed by atoms with Gasteiger partial charge in [0.15, 0.2) is 11.5 Å². The van der Waals surface area contributed by atoms with Gasteiger partial charge in [0.1, 0.15) is 0 Å². The van der Waals surface area contributed by atoms with E-state index in [0.29, 0.717) is 12.8 Å². The van der Waals surface area contributed by atoms with Crippen LogP contribution < -0.4 is 14.8 Å². The first-order valence-electron chi connectivity index (χ1n) is 5.98. The van der Waals surface area contributed by atoms with Gasteiger partial charge in [-0.05, 0) is 17.7 Å². The third-order valence-corrected chi connectivity index (χ3v) is 2.33. The van der Waals surface area contributed by atoms with E-state index in [-0.39, 0.29) is 0 Å². The van der Waals surface area contributed by atoms with E-state index in [1.54, 1.807) is 0 Å². The largest absolute Gasteiger partial charge is 0.473 e. The number of benzene rings is 1. The molecule has 0 bridgehead atoms. The van der Waals surface area contributed by atoms with Crippen LogP contribution in [0.5, 0.6) is 11.5 Å². The molecule has 0 saturated carbocycles. The lowest BCUT2D eigenvalue weighted by atomic mass is 10.2. The van der Waals surface area contributed by atoms with Gasteiger partial charge in [0.25, 0.3) is 0 Å². The van der Waals surface area contributed by atoms with E-state index in [4.69, 9.17) is 29.3 Å². The Balaban J connectivity index is 0.000000286. The molecule has 3 N–H and O–H groups in total. The van der Waals surface area contributed by atoms with Crippen molar-refractivity contribution in [3.8, 4) is 11.5 Å². The molecule has 2 rings (SSSR count). The number of rotatable bonds is 3. The normalized spacial score (nSPS) is 11.8. The lowest BCUT2D eigenvalue weighted by molar-refractivity contribution is -0.159. The second-order valence-electron chi connectivity index (χ2n) is 4.33. The molecule has 1 aliphatic rings. The number of ether oxygens (including phenoxy) is 2. The van der Waals surface area contributed by atoms with Crippen molar-refractivity contribution in [2.45, 2.75) is 26.4 Å². The van der Waals surface area contributed by atoms with Crippen LogP contribution in [0.3, 0.4) is 0 Å². The van der Waals surface area contributed by atoms with E-state index < -0.39 is 11.9 Å². The molecule has 1 aliphatic heterocycles. The number of hydrogen-bond donors (Lipinski definition) is 3. The summed E-state index contributed by atoms with van der Waals surface area (Å²) in [7, 11) is 0. The molecule has 1 aromatic rings. The fourth-order valence-electron chi connectivity index (χ4n) is 1.37. The average Bonchev–Trinajstić information content (AvgIpc) is 2.84. The van der Waals surface area contributed by atoms with E-state index >= 15 is 0 Å². The Labute approximate surface area is 116 Å². The summed E-state index contributed by atoms with van der Waals surface area (Å²) in [5.41, 5.74) is 1.22. The molecule has 0 aliphatic carbocycles. The fraction of sp³-hybridized carbons (Fsp3) is 0.385. The Kier molecular flexibility index (Phi) is 5.79. The predicted molar refractivity (Wildman–Crippen MR) is 69.8 cm³/mol. The van der Waals surface area contributed by atoms with Crippen molar-refractivity contribution in [1.29, 1.82) is 0 Å². The Morgan fingerprint density at radius 3 is 2.35 bits per heavy atom. The molecule has 0 saturated heterocycles. The first-order valence-corrected chi connectivity index (χ1v) is 5.98. The van der Waals surface area contributed by atoms with Crippen LogP contribution in [0, 0.1) is 0 Å². The monoisotopic (exact) mass is 283 g/mol. The molecule has 7 nitrogen and oxygen atoms in total. The van der Waals surface area contributed by atoms with E-state index in [1.807, 2.05) is 12.1 Å². The summed E-state index contributed by atoms with van der Waals surface area (Å²) in [5, 5.41) is 18.1. The number of carboxylic acid groups (broad SMARTS) is 2. The summed E-state index contributed by atoms with van der Waals surface area (Å²) < 4.78 is 10.5. The Hall–Kier alpha value is -2.28. The van der Waals surface area contributed by atoms with Crippen molar-refractivity contribution in [3.05, 3.63) is 23.8 Å². The summed E-state index contributed by atoms with van der Waals surface area (Å²) >= 11 is 0. The number of fused-ring (bicyclic) bond motifs is 1. The van der Waals surface area contributed by atoms with Crippen LogP contribution in [-0.4, -0.2) is 35.0 Å². The standard InChI is InChI=1S/C11H15NO2.C2H2O4/c1-8(2)12-6-9-3-4-10-11(5-9)14-7-13-10;3-1(4)2(5)6/h3-5,8,12H,6-7H2,1-2H3;(H,3,4)(H,5,6). The van der Waals surface area contributed by atoms with Gasteiger partial charge in [-0.15, -0.1) is 0 Å². The van der Waals surface area contributed by atoms with Crippen molar-refractivity contribution in [2.75, 3.05) is 6.79 Å². The van der Waals surface area contributed by atoms with Gasteiger partial charge in [0, 0.05) is 12.6 Å². The van der Waals surface area contributed by atoms with Gasteiger partial charge < -0.3 is 25.0 Å². The fourth-order valence-corrected chi connectivity index (χ4v) is 1.37. The van der Waals surface area contributed by atoms with E-state index in [9.17, 15) is 0 Å². The van der Waals surface area contributed by atoms with Gasteiger partial charge in [-0.3, -0.25) is 0 Å². The van der Waals surface area contributed by atoms with Gasteiger partial charge in [-0.25, -0.2) is 9.59 Å². The van der Waals surface area contributed by atoms with Gasteiger partial charge in [-0.2, -0.15) is 0 Å². The van der Waals surface area contributed by atoms with Crippen molar-refractivity contribution >= 4 is 11.9 Å². The quantitative estimate of drug-likeness (QED) is 0.712.